The molecular formula is C22H22N4O4. The summed E-state index contributed by atoms with van der Waals surface area (Å²) >= 11 is 0. The highest BCUT2D eigenvalue weighted by atomic mass is 16.3. The topological polar surface area (TPSA) is 104 Å². The Morgan fingerprint density at radius 2 is 1.93 bits per heavy atom. The van der Waals surface area contributed by atoms with E-state index in [0.29, 0.717) is 24.0 Å². The molecule has 3 aromatic rings. The Hall–Kier alpha value is -3.81. The van der Waals surface area contributed by atoms with Crippen LogP contribution in [0.15, 0.2) is 54.7 Å². The Morgan fingerprint density at radius 1 is 1.17 bits per heavy atom. The SMILES string of the molecule is CN(Cc1cccc2c(O)n(C3CCC(=O)NC3=O)cc12)C(=O)Nc1ccccc1. The Bertz CT molecular complexity index is 1120. The summed E-state index contributed by atoms with van der Waals surface area (Å²) in [7, 11) is 1.69. The average molecular weight is 406 g/mol. The molecule has 4 amide bonds. The lowest BCUT2D eigenvalue weighted by atomic mass is 10.1. The standard InChI is InChI=1S/C22H22N4O4/c1-25(22(30)23-15-7-3-2-4-8-15)12-14-6-5-9-16-17(14)13-26(21(16)29)18-10-11-19(27)24-20(18)28/h2-9,13,18,29H,10-12H2,1H3,(H,23,30)(H,24,27,28). The van der Waals surface area contributed by atoms with Gasteiger partial charge in [-0.15, -0.1) is 0 Å². The van der Waals surface area contributed by atoms with E-state index in [0.717, 1.165) is 10.9 Å². The van der Waals surface area contributed by atoms with Crippen LogP contribution in [0.4, 0.5) is 10.5 Å². The van der Waals surface area contributed by atoms with Gasteiger partial charge in [0.05, 0.1) is 0 Å². The molecule has 8 nitrogen and oxygen atoms in total. The van der Waals surface area contributed by atoms with Gasteiger partial charge >= 0.3 is 6.03 Å². The summed E-state index contributed by atoms with van der Waals surface area (Å²) in [6.07, 6.45) is 2.26. The van der Waals surface area contributed by atoms with Crippen molar-refractivity contribution < 1.29 is 19.5 Å². The summed E-state index contributed by atoms with van der Waals surface area (Å²) in [5, 5.41) is 17.2. The van der Waals surface area contributed by atoms with E-state index in [2.05, 4.69) is 10.6 Å². The van der Waals surface area contributed by atoms with E-state index in [1.807, 2.05) is 36.4 Å². The second kappa shape index (κ2) is 7.90. The molecule has 2 aromatic carbocycles. The van der Waals surface area contributed by atoms with Crippen LogP contribution in [0.3, 0.4) is 0 Å². The first-order chi connectivity index (χ1) is 14.4. The lowest BCUT2D eigenvalue weighted by Crippen LogP contribution is -2.41. The zero-order valence-corrected chi connectivity index (χ0v) is 16.5. The predicted molar refractivity (Wildman–Crippen MR) is 112 cm³/mol. The average Bonchev–Trinajstić information content (AvgIpc) is 3.06. The van der Waals surface area contributed by atoms with Crippen LogP contribution < -0.4 is 10.6 Å². The van der Waals surface area contributed by atoms with Crippen molar-refractivity contribution in [2.45, 2.75) is 25.4 Å². The molecule has 2 heterocycles. The predicted octanol–water partition coefficient (Wildman–Crippen LogP) is 2.99. The van der Waals surface area contributed by atoms with E-state index in [-0.39, 0.29) is 24.2 Å². The largest absolute Gasteiger partial charge is 0.494 e. The number of fused-ring (bicyclic) bond motifs is 1. The molecule has 0 bridgehead atoms. The maximum Gasteiger partial charge on any atom is 0.321 e. The number of aromatic nitrogens is 1. The summed E-state index contributed by atoms with van der Waals surface area (Å²) in [5.41, 5.74) is 1.54. The molecule has 30 heavy (non-hydrogen) atoms. The highest BCUT2D eigenvalue weighted by Gasteiger charge is 2.30. The smallest absolute Gasteiger partial charge is 0.321 e. The molecule has 1 fully saturated rings. The lowest BCUT2D eigenvalue weighted by Gasteiger charge is -2.22. The fourth-order valence-electron chi connectivity index (χ4n) is 3.69. The monoisotopic (exact) mass is 406 g/mol. The number of nitrogens with one attached hydrogen (secondary N) is 2. The number of hydrogen-bond donors (Lipinski definition) is 3. The van der Waals surface area contributed by atoms with Crippen LogP contribution in [0.5, 0.6) is 5.88 Å². The van der Waals surface area contributed by atoms with Crippen LogP contribution in [0, 0.1) is 0 Å². The second-order valence-corrected chi connectivity index (χ2v) is 7.36. The van der Waals surface area contributed by atoms with Crippen molar-refractivity contribution in [1.82, 2.24) is 14.8 Å². The molecule has 1 unspecified atom stereocenters. The van der Waals surface area contributed by atoms with Gasteiger partial charge in [-0.3, -0.25) is 14.9 Å². The minimum Gasteiger partial charge on any atom is -0.494 e. The van der Waals surface area contributed by atoms with Gasteiger partial charge in [0, 0.05) is 42.7 Å². The zero-order chi connectivity index (χ0) is 21.3. The number of para-hydroxylation sites is 1. The number of urea groups is 1. The molecule has 0 saturated carbocycles. The lowest BCUT2D eigenvalue weighted by molar-refractivity contribution is -0.135. The first kappa shape index (κ1) is 19.5. The first-order valence-electron chi connectivity index (χ1n) is 9.66. The molecule has 0 radical (unpaired) electrons. The van der Waals surface area contributed by atoms with E-state index in [1.165, 1.54) is 4.57 Å². The summed E-state index contributed by atoms with van der Waals surface area (Å²) in [6.45, 7) is 0.314. The van der Waals surface area contributed by atoms with E-state index in [9.17, 15) is 19.5 Å². The fraction of sp³-hybridized carbons (Fsp3) is 0.227. The highest BCUT2D eigenvalue weighted by Crippen LogP contribution is 2.34. The van der Waals surface area contributed by atoms with Gasteiger partial charge in [0.2, 0.25) is 11.8 Å². The number of nitrogens with zero attached hydrogens (tertiary/aromatic N) is 2. The number of amides is 4. The number of rotatable bonds is 4. The Balaban J connectivity index is 1.58. The third kappa shape index (κ3) is 3.71. The van der Waals surface area contributed by atoms with Crippen LogP contribution in [0.1, 0.15) is 24.4 Å². The third-order valence-corrected chi connectivity index (χ3v) is 5.28. The van der Waals surface area contributed by atoms with Crippen LogP contribution in [0.2, 0.25) is 0 Å². The summed E-state index contributed by atoms with van der Waals surface area (Å²) in [4.78, 5) is 37.7. The summed E-state index contributed by atoms with van der Waals surface area (Å²) in [5.74, 6) is -0.764. The summed E-state index contributed by atoms with van der Waals surface area (Å²) in [6, 6.07) is 13.7. The fourth-order valence-corrected chi connectivity index (χ4v) is 3.69. The molecule has 3 N–H and O–H groups in total. The second-order valence-electron chi connectivity index (χ2n) is 7.36. The summed E-state index contributed by atoms with van der Waals surface area (Å²) < 4.78 is 1.50. The molecular weight excluding hydrogens is 384 g/mol. The molecule has 1 atom stereocenters. The number of piperidine rings is 1. The molecule has 1 aliphatic heterocycles. The van der Waals surface area contributed by atoms with Crippen molar-refractivity contribution >= 4 is 34.3 Å². The highest BCUT2D eigenvalue weighted by molar-refractivity contribution is 6.00. The van der Waals surface area contributed by atoms with Gasteiger partial charge in [0.1, 0.15) is 6.04 Å². The molecule has 154 valence electrons. The zero-order valence-electron chi connectivity index (χ0n) is 16.5. The quantitative estimate of drug-likeness (QED) is 0.580. The minimum absolute atomic E-state index is 0.0299. The number of anilines is 1. The number of hydrogen-bond acceptors (Lipinski definition) is 4. The molecule has 0 spiro atoms. The van der Waals surface area contributed by atoms with Gasteiger partial charge in [-0.05, 0) is 30.2 Å². The van der Waals surface area contributed by atoms with Gasteiger partial charge in [0.25, 0.3) is 0 Å². The van der Waals surface area contributed by atoms with Crippen molar-refractivity contribution in [3.63, 3.8) is 0 Å². The van der Waals surface area contributed by atoms with E-state index in [4.69, 9.17) is 0 Å². The van der Waals surface area contributed by atoms with E-state index in [1.54, 1.807) is 30.3 Å². The number of aromatic hydroxyl groups is 1. The van der Waals surface area contributed by atoms with E-state index >= 15 is 0 Å². The number of carbonyl (C=O) groups is 3. The number of imide groups is 1. The van der Waals surface area contributed by atoms with Crippen molar-refractivity contribution in [3.05, 3.63) is 60.3 Å². The normalized spacial score (nSPS) is 16.4. The first-order valence-corrected chi connectivity index (χ1v) is 9.66. The molecule has 8 heteroatoms. The Kier molecular flexibility index (Phi) is 5.14. The maximum atomic E-state index is 12.5. The van der Waals surface area contributed by atoms with Crippen molar-refractivity contribution in [1.29, 1.82) is 0 Å². The molecule has 1 saturated heterocycles. The molecule has 1 aliphatic rings. The number of carbonyl (C=O) groups excluding carboxylic acids is 3. The minimum atomic E-state index is -0.651. The van der Waals surface area contributed by atoms with Gasteiger partial charge < -0.3 is 19.9 Å². The maximum absolute atomic E-state index is 12.5. The van der Waals surface area contributed by atoms with Crippen molar-refractivity contribution in [2.24, 2.45) is 0 Å². The Morgan fingerprint density at radius 3 is 2.67 bits per heavy atom. The Labute approximate surface area is 173 Å². The third-order valence-electron chi connectivity index (χ3n) is 5.28. The van der Waals surface area contributed by atoms with Crippen LogP contribution in [-0.4, -0.2) is 39.5 Å². The van der Waals surface area contributed by atoms with Crippen LogP contribution >= 0.6 is 0 Å². The van der Waals surface area contributed by atoms with Gasteiger partial charge in [-0.25, -0.2) is 4.79 Å². The number of benzene rings is 2. The van der Waals surface area contributed by atoms with Crippen molar-refractivity contribution in [3.8, 4) is 5.88 Å². The van der Waals surface area contributed by atoms with Crippen LogP contribution in [-0.2, 0) is 16.1 Å². The van der Waals surface area contributed by atoms with E-state index < -0.39 is 11.9 Å². The molecule has 4 rings (SSSR count). The van der Waals surface area contributed by atoms with Gasteiger partial charge in [-0.2, -0.15) is 0 Å². The molecule has 0 aliphatic carbocycles. The van der Waals surface area contributed by atoms with Crippen molar-refractivity contribution in [2.75, 3.05) is 12.4 Å². The molecule has 1 aromatic heterocycles. The van der Waals surface area contributed by atoms with Crippen LogP contribution in [0.25, 0.3) is 10.8 Å². The van der Waals surface area contributed by atoms with Gasteiger partial charge in [-0.1, -0.05) is 30.3 Å². The van der Waals surface area contributed by atoms with Gasteiger partial charge in [0.15, 0.2) is 5.88 Å².